The van der Waals surface area contributed by atoms with Crippen molar-refractivity contribution in [3.05, 3.63) is 23.8 Å². The van der Waals surface area contributed by atoms with Crippen molar-refractivity contribution in [1.82, 2.24) is 10.2 Å². The van der Waals surface area contributed by atoms with Gasteiger partial charge in [0.25, 0.3) is 5.89 Å². The molecule has 1 atom stereocenters. The summed E-state index contributed by atoms with van der Waals surface area (Å²) in [6.07, 6.45) is 0.524. The molecular formula is C12H14N2O4. The summed E-state index contributed by atoms with van der Waals surface area (Å²) in [6, 6.07) is 3.57. The molecule has 6 nitrogen and oxygen atoms in total. The minimum Gasteiger partial charge on any atom is -0.481 e. The van der Waals surface area contributed by atoms with E-state index < -0.39 is 5.97 Å². The number of carboxylic acid groups (broad SMARTS) is 1. The number of aromatic nitrogens is 2. The fourth-order valence-electron chi connectivity index (χ4n) is 1.65. The lowest BCUT2D eigenvalue weighted by Crippen LogP contribution is -2.07. The quantitative estimate of drug-likeness (QED) is 0.875. The third kappa shape index (κ3) is 2.97. The molecule has 0 radical (unpaired) electrons. The van der Waals surface area contributed by atoms with Gasteiger partial charge < -0.3 is 13.9 Å². The number of hydrogen-bond donors (Lipinski definition) is 1. The van der Waals surface area contributed by atoms with E-state index >= 15 is 0 Å². The average molecular weight is 250 g/mol. The third-order valence-electron chi connectivity index (χ3n) is 2.46. The number of aryl methyl sites for hydroxylation is 1. The van der Waals surface area contributed by atoms with Gasteiger partial charge >= 0.3 is 5.97 Å². The Balaban J connectivity index is 2.04. The van der Waals surface area contributed by atoms with E-state index in [0.717, 1.165) is 5.76 Å². The average Bonchev–Trinajstić information content (AvgIpc) is 2.85. The number of carboxylic acids is 1. The lowest BCUT2D eigenvalue weighted by molar-refractivity contribution is -0.137. The first-order chi connectivity index (χ1) is 8.54. The minimum absolute atomic E-state index is 0.0471. The zero-order valence-electron chi connectivity index (χ0n) is 10.2. The molecule has 18 heavy (non-hydrogen) atoms. The molecule has 0 saturated carbocycles. The Labute approximate surface area is 104 Å². The molecule has 2 aromatic rings. The molecule has 2 rings (SSSR count). The lowest BCUT2D eigenvalue weighted by atomic mass is 10.0. The van der Waals surface area contributed by atoms with Crippen LogP contribution in [0.1, 0.15) is 25.0 Å². The third-order valence-corrected chi connectivity index (χ3v) is 2.46. The van der Waals surface area contributed by atoms with Crippen molar-refractivity contribution in [3.63, 3.8) is 0 Å². The molecule has 96 valence electrons. The van der Waals surface area contributed by atoms with Gasteiger partial charge in [0.05, 0.1) is 0 Å². The number of nitrogens with zero attached hydrogens (tertiary/aromatic N) is 2. The Morgan fingerprint density at radius 3 is 2.78 bits per heavy atom. The first kappa shape index (κ1) is 12.3. The zero-order valence-corrected chi connectivity index (χ0v) is 10.2. The first-order valence-electron chi connectivity index (χ1n) is 5.65. The van der Waals surface area contributed by atoms with Crippen LogP contribution in [-0.2, 0) is 11.2 Å². The number of carbonyl (C=O) groups is 1. The highest BCUT2D eigenvalue weighted by Gasteiger charge is 2.15. The molecule has 2 aromatic heterocycles. The molecule has 0 bridgehead atoms. The lowest BCUT2D eigenvalue weighted by Gasteiger charge is -2.03. The molecule has 0 aliphatic heterocycles. The van der Waals surface area contributed by atoms with E-state index in [-0.39, 0.29) is 12.3 Å². The molecule has 0 spiro atoms. The fourth-order valence-corrected chi connectivity index (χ4v) is 1.65. The SMILES string of the molecule is Cc1ccc(-c2nnc(CC(C)CC(=O)O)o2)o1. The fraction of sp³-hybridized carbons (Fsp3) is 0.417. The zero-order chi connectivity index (χ0) is 13.1. The van der Waals surface area contributed by atoms with Crippen LogP contribution >= 0.6 is 0 Å². The highest BCUT2D eigenvalue weighted by molar-refractivity contribution is 5.66. The molecular weight excluding hydrogens is 236 g/mol. The van der Waals surface area contributed by atoms with Gasteiger partial charge in [-0.15, -0.1) is 10.2 Å². The number of furan rings is 1. The van der Waals surface area contributed by atoms with Crippen LogP contribution in [0, 0.1) is 12.8 Å². The maximum atomic E-state index is 10.5. The maximum absolute atomic E-state index is 10.5. The molecule has 0 aliphatic rings. The smallest absolute Gasteiger partial charge is 0.303 e. The van der Waals surface area contributed by atoms with E-state index in [1.807, 2.05) is 19.9 Å². The van der Waals surface area contributed by atoms with E-state index in [1.165, 1.54) is 0 Å². The van der Waals surface area contributed by atoms with Gasteiger partial charge in [-0.3, -0.25) is 4.79 Å². The summed E-state index contributed by atoms with van der Waals surface area (Å²) in [7, 11) is 0. The van der Waals surface area contributed by atoms with Gasteiger partial charge in [-0.2, -0.15) is 0 Å². The van der Waals surface area contributed by atoms with Crippen LogP contribution in [0.4, 0.5) is 0 Å². The van der Waals surface area contributed by atoms with Crippen molar-refractivity contribution >= 4 is 5.97 Å². The number of aliphatic carboxylic acids is 1. The Bertz CT molecular complexity index is 544. The van der Waals surface area contributed by atoms with Crippen LogP contribution in [-0.4, -0.2) is 21.3 Å². The predicted molar refractivity (Wildman–Crippen MR) is 61.9 cm³/mol. The summed E-state index contributed by atoms with van der Waals surface area (Å²) in [6.45, 7) is 3.66. The van der Waals surface area contributed by atoms with Crippen LogP contribution in [0.2, 0.25) is 0 Å². The Hall–Kier alpha value is -2.11. The normalized spacial score (nSPS) is 12.6. The second kappa shape index (κ2) is 5.03. The van der Waals surface area contributed by atoms with Crippen molar-refractivity contribution in [2.75, 3.05) is 0 Å². The molecule has 0 aliphatic carbocycles. The van der Waals surface area contributed by atoms with Crippen molar-refractivity contribution in [1.29, 1.82) is 0 Å². The van der Waals surface area contributed by atoms with Gasteiger partial charge in [-0.1, -0.05) is 6.92 Å². The van der Waals surface area contributed by atoms with Crippen LogP contribution in [0.5, 0.6) is 0 Å². The van der Waals surface area contributed by atoms with Crippen LogP contribution in [0.25, 0.3) is 11.7 Å². The highest BCUT2D eigenvalue weighted by Crippen LogP contribution is 2.21. The molecule has 2 heterocycles. The molecule has 6 heteroatoms. The minimum atomic E-state index is -0.830. The second-order valence-electron chi connectivity index (χ2n) is 4.32. The van der Waals surface area contributed by atoms with Crippen molar-refractivity contribution < 1.29 is 18.7 Å². The predicted octanol–water partition coefficient (Wildman–Crippen LogP) is 2.29. The monoisotopic (exact) mass is 250 g/mol. The topological polar surface area (TPSA) is 89.4 Å². The maximum Gasteiger partial charge on any atom is 0.303 e. The van der Waals surface area contributed by atoms with E-state index in [9.17, 15) is 4.79 Å². The summed E-state index contributed by atoms with van der Waals surface area (Å²) < 4.78 is 10.8. The Kier molecular flexibility index (Phi) is 3.45. The highest BCUT2D eigenvalue weighted by atomic mass is 16.4. The van der Waals surface area contributed by atoms with Crippen molar-refractivity contribution in [3.8, 4) is 11.7 Å². The number of hydrogen-bond acceptors (Lipinski definition) is 5. The summed E-state index contributed by atoms with van der Waals surface area (Å²) in [5, 5.41) is 16.4. The summed E-state index contributed by atoms with van der Waals surface area (Å²) in [5.41, 5.74) is 0. The summed E-state index contributed by atoms with van der Waals surface area (Å²) in [5.74, 6) is 1.16. The standard InChI is InChI=1S/C12H14N2O4/c1-7(6-11(15)16)5-10-13-14-12(18-10)9-4-3-8(2)17-9/h3-4,7H,5-6H2,1-2H3,(H,15,16). The summed E-state index contributed by atoms with van der Waals surface area (Å²) in [4.78, 5) is 10.5. The Morgan fingerprint density at radius 1 is 1.39 bits per heavy atom. The van der Waals surface area contributed by atoms with Gasteiger partial charge in [0.1, 0.15) is 5.76 Å². The van der Waals surface area contributed by atoms with E-state index in [1.54, 1.807) is 6.07 Å². The number of rotatable bonds is 5. The molecule has 1 unspecified atom stereocenters. The molecule has 0 fully saturated rings. The van der Waals surface area contributed by atoms with Crippen LogP contribution in [0.3, 0.4) is 0 Å². The largest absolute Gasteiger partial charge is 0.481 e. The van der Waals surface area contributed by atoms with E-state index in [0.29, 0.717) is 24.0 Å². The molecule has 0 amide bonds. The Morgan fingerprint density at radius 2 is 2.17 bits per heavy atom. The first-order valence-corrected chi connectivity index (χ1v) is 5.65. The van der Waals surface area contributed by atoms with E-state index in [4.69, 9.17) is 13.9 Å². The van der Waals surface area contributed by atoms with E-state index in [2.05, 4.69) is 10.2 Å². The van der Waals surface area contributed by atoms with Gasteiger partial charge in [-0.25, -0.2) is 0 Å². The molecule has 0 saturated heterocycles. The van der Waals surface area contributed by atoms with Gasteiger partial charge in [0.15, 0.2) is 5.76 Å². The van der Waals surface area contributed by atoms with Crippen LogP contribution < -0.4 is 0 Å². The van der Waals surface area contributed by atoms with Gasteiger partial charge in [-0.05, 0) is 25.0 Å². The van der Waals surface area contributed by atoms with Crippen molar-refractivity contribution in [2.45, 2.75) is 26.7 Å². The van der Waals surface area contributed by atoms with Gasteiger partial charge in [0.2, 0.25) is 5.89 Å². The van der Waals surface area contributed by atoms with Crippen LogP contribution in [0.15, 0.2) is 21.0 Å². The second-order valence-corrected chi connectivity index (χ2v) is 4.32. The molecule has 1 N–H and O–H groups in total. The van der Waals surface area contributed by atoms with Crippen molar-refractivity contribution in [2.24, 2.45) is 5.92 Å². The summed E-state index contributed by atoms with van der Waals surface area (Å²) >= 11 is 0. The molecule has 0 aromatic carbocycles. The van der Waals surface area contributed by atoms with Gasteiger partial charge in [0, 0.05) is 12.8 Å².